The van der Waals surface area contributed by atoms with Crippen molar-refractivity contribution in [3.63, 3.8) is 0 Å². The first-order valence-electron chi connectivity index (χ1n) is 7.60. The third-order valence-corrected chi connectivity index (χ3v) is 5.24. The van der Waals surface area contributed by atoms with Crippen molar-refractivity contribution in [2.75, 3.05) is 12.3 Å². The van der Waals surface area contributed by atoms with Gasteiger partial charge in [0.2, 0.25) is 5.91 Å². The summed E-state index contributed by atoms with van der Waals surface area (Å²) in [7, 11) is 0. The molecule has 1 aliphatic carbocycles. The van der Waals surface area contributed by atoms with Crippen molar-refractivity contribution >= 4 is 17.7 Å². The van der Waals surface area contributed by atoms with Gasteiger partial charge in [-0.25, -0.2) is 0 Å². The van der Waals surface area contributed by atoms with Gasteiger partial charge in [-0.3, -0.25) is 4.79 Å². The molecule has 1 aromatic rings. The van der Waals surface area contributed by atoms with Gasteiger partial charge in [-0.15, -0.1) is 11.8 Å². The number of carbonyl (C=O) groups excluding carboxylic acids is 1. The molecule has 7 heteroatoms. The third-order valence-electron chi connectivity index (χ3n) is 3.87. The molecule has 0 aliphatic heterocycles. The number of benzene rings is 1. The van der Waals surface area contributed by atoms with Gasteiger partial charge in [-0.05, 0) is 30.5 Å². The molecular formula is C16H20F3NO2S. The number of hydrogen-bond acceptors (Lipinski definition) is 3. The zero-order chi connectivity index (χ0) is 16.9. The van der Waals surface area contributed by atoms with E-state index in [0.717, 1.165) is 25.0 Å². The van der Waals surface area contributed by atoms with Gasteiger partial charge in [0.05, 0.1) is 17.4 Å². The lowest BCUT2D eigenvalue weighted by Gasteiger charge is -2.14. The first-order valence-corrected chi connectivity index (χ1v) is 8.64. The van der Waals surface area contributed by atoms with Crippen LogP contribution < -0.4 is 5.32 Å². The van der Waals surface area contributed by atoms with Crippen molar-refractivity contribution in [1.29, 1.82) is 0 Å². The third kappa shape index (κ3) is 5.73. The largest absolute Gasteiger partial charge is 0.416 e. The maximum Gasteiger partial charge on any atom is 0.416 e. The summed E-state index contributed by atoms with van der Waals surface area (Å²) in [6.07, 6.45) is -0.691. The Bertz CT molecular complexity index is 513. The highest BCUT2D eigenvalue weighted by Crippen LogP contribution is 2.30. The number of thioether (sulfide) groups is 1. The summed E-state index contributed by atoms with van der Waals surface area (Å²) in [6, 6.07) is 4.31. The smallest absolute Gasteiger partial charge is 0.387 e. The van der Waals surface area contributed by atoms with Crippen LogP contribution in [0.15, 0.2) is 24.3 Å². The molecule has 1 atom stereocenters. The molecule has 1 aliphatic rings. The molecule has 1 fully saturated rings. The summed E-state index contributed by atoms with van der Waals surface area (Å²) in [5.41, 5.74) is -0.410. The van der Waals surface area contributed by atoms with Crippen molar-refractivity contribution in [2.24, 2.45) is 0 Å². The van der Waals surface area contributed by atoms with Crippen LogP contribution in [0.4, 0.5) is 13.2 Å². The molecular weight excluding hydrogens is 327 g/mol. The van der Waals surface area contributed by atoms with Crippen LogP contribution in [0.25, 0.3) is 0 Å². The lowest BCUT2D eigenvalue weighted by Crippen LogP contribution is -2.30. The number of rotatable bonds is 6. The number of nitrogens with one attached hydrogen (secondary N) is 1. The van der Waals surface area contributed by atoms with Crippen molar-refractivity contribution < 1.29 is 23.1 Å². The summed E-state index contributed by atoms with van der Waals surface area (Å²) < 4.78 is 37.4. The topological polar surface area (TPSA) is 49.3 Å². The van der Waals surface area contributed by atoms with E-state index < -0.39 is 17.8 Å². The molecule has 3 nitrogen and oxygen atoms in total. The zero-order valence-corrected chi connectivity index (χ0v) is 13.4. The SMILES string of the molecule is O=C(CSC1CCCC1)NC[C@@H](O)c1ccc(C(F)(F)F)cc1. The van der Waals surface area contributed by atoms with Crippen LogP contribution in [-0.2, 0) is 11.0 Å². The molecule has 128 valence electrons. The van der Waals surface area contributed by atoms with E-state index >= 15 is 0 Å². The number of halogens is 3. The van der Waals surface area contributed by atoms with Crippen LogP contribution in [0.1, 0.15) is 42.9 Å². The van der Waals surface area contributed by atoms with E-state index in [-0.39, 0.29) is 12.5 Å². The maximum atomic E-state index is 12.5. The minimum Gasteiger partial charge on any atom is -0.387 e. The van der Waals surface area contributed by atoms with Gasteiger partial charge in [0.25, 0.3) is 0 Å². The molecule has 2 N–H and O–H groups in total. The van der Waals surface area contributed by atoms with E-state index in [1.165, 1.54) is 25.0 Å². The van der Waals surface area contributed by atoms with E-state index in [2.05, 4.69) is 5.32 Å². The van der Waals surface area contributed by atoms with E-state index in [1.807, 2.05) is 0 Å². The first kappa shape index (κ1) is 18.1. The second kappa shape index (κ2) is 8.06. The molecule has 1 saturated carbocycles. The number of carbonyl (C=O) groups is 1. The fourth-order valence-electron chi connectivity index (χ4n) is 2.52. The quantitative estimate of drug-likeness (QED) is 0.828. The van der Waals surface area contributed by atoms with Crippen LogP contribution in [0.5, 0.6) is 0 Å². The van der Waals surface area contributed by atoms with Crippen molar-refractivity contribution in [3.05, 3.63) is 35.4 Å². The highest BCUT2D eigenvalue weighted by molar-refractivity contribution is 8.00. The molecule has 0 aromatic heterocycles. The molecule has 1 amide bonds. The number of hydrogen-bond donors (Lipinski definition) is 2. The fraction of sp³-hybridized carbons (Fsp3) is 0.562. The average Bonchev–Trinajstić information content (AvgIpc) is 3.03. The normalized spacial score (nSPS) is 17.2. The molecule has 0 saturated heterocycles. The summed E-state index contributed by atoms with van der Waals surface area (Å²) in [4.78, 5) is 11.7. The highest BCUT2D eigenvalue weighted by Gasteiger charge is 2.30. The zero-order valence-electron chi connectivity index (χ0n) is 12.6. The van der Waals surface area contributed by atoms with Crippen LogP contribution in [0.3, 0.4) is 0 Å². The summed E-state index contributed by atoms with van der Waals surface area (Å²) in [6.45, 7) is -0.00454. The van der Waals surface area contributed by atoms with E-state index in [4.69, 9.17) is 0 Å². The van der Waals surface area contributed by atoms with Gasteiger partial charge in [0.15, 0.2) is 0 Å². The second-order valence-corrected chi connectivity index (χ2v) is 6.95. The monoisotopic (exact) mass is 347 g/mol. The lowest BCUT2D eigenvalue weighted by molar-refractivity contribution is -0.137. The van der Waals surface area contributed by atoms with Crippen molar-refractivity contribution in [3.8, 4) is 0 Å². The average molecular weight is 347 g/mol. The fourth-order valence-corrected chi connectivity index (χ4v) is 3.68. The molecule has 1 aromatic carbocycles. The Morgan fingerprint density at radius 3 is 2.43 bits per heavy atom. The van der Waals surface area contributed by atoms with Gasteiger partial charge >= 0.3 is 6.18 Å². The summed E-state index contributed by atoms with van der Waals surface area (Å²) >= 11 is 1.63. The summed E-state index contributed by atoms with van der Waals surface area (Å²) in [5, 5.41) is 13.1. The van der Waals surface area contributed by atoms with Gasteiger partial charge in [-0.2, -0.15) is 13.2 Å². The maximum absolute atomic E-state index is 12.5. The molecule has 0 spiro atoms. The van der Waals surface area contributed by atoms with Crippen molar-refractivity contribution in [1.82, 2.24) is 5.32 Å². The van der Waals surface area contributed by atoms with Crippen LogP contribution in [0, 0.1) is 0 Å². The Morgan fingerprint density at radius 2 is 1.87 bits per heavy atom. The Hall–Kier alpha value is -1.21. The van der Waals surface area contributed by atoms with Crippen LogP contribution >= 0.6 is 11.8 Å². The van der Waals surface area contributed by atoms with E-state index in [1.54, 1.807) is 11.8 Å². The highest BCUT2D eigenvalue weighted by atomic mass is 32.2. The van der Waals surface area contributed by atoms with Crippen molar-refractivity contribution in [2.45, 2.75) is 43.2 Å². The van der Waals surface area contributed by atoms with E-state index in [9.17, 15) is 23.1 Å². The van der Waals surface area contributed by atoms with E-state index in [0.29, 0.717) is 16.6 Å². The summed E-state index contributed by atoms with van der Waals surface area (Å²) in [5.74, 6) is 0.192. The Morgan fingerprint density at radius 1 is 1.26 bits per heavy atom. The number of aliphatic hydroxyl groups is 1. The number of aliphatic hydroxyl groups excluding tert-OH is 1. The van der Waals surface area contributed by atoms with Gasteiger partial charge in [0, 0.05) is 11.8 Å². The van der Waals surface area contributed by atoms with Gasteiger partial charge in [0.1, 0.15) is 0 Å². The Labute approximate surface area is 137 Å². The first-order chi connectivity index (χ1) is 10.9. The predicted molar refractivity (Wildman–Crippen MR) is 84.1 cm³/mol. The van der Waals surface area contributed by atoms with Crippen LogP contribution in [0.2, 0.25) is 0 Å². The molecule has 2 rings (SSSR count). The molecule has 0 unspecified atom stereocenters. The number of amides is 1. The van der Waals surface area contributed by atoms with Crippen LogP contribution in [-0.4, -0.2) is 28.6 Å². The molecule has 23 heavy (non-hydrogen) atoms. The predicted octanol–water partition coefficient (Wildman–Crippen LogP) is 3.53. The minimum atomic E-state index is -4.39. The van der Waals surface area contributed by atoms with Gasteiger partial charge < -0.3 is 10.4 Å². The standard InChI is InChI=1S/C16H20F3NO2S/c17-16(18,19)12-7-5-11(6-8-12)14(21)9-20-15(22)10-23-13-3-1-2-4-13/h5-8,13-14,21H,1-4,9-10H2,(H,20,22)/t14-/m1/s1. The Kier molecular flexibility index (Phi) is 6.35. The second-order valence-electron chi connectivity index (χ2n) is 5.66. The molecule has 0 heterocycles. The molecule has 0 bridgehead atoms. The molecule has 0 radical (unpaired) electrons. The Balaban J connectivity index is 1.75. The number of alkyl halides is 3. The minimum absolute atomic E-state index is 0.00454. The van der Waals surface area contributed by atoms with Gasteiger partial charge in [-0.1, -0.05) is 25.0 Å². The lowest BCUT2D eigenvalue weighted by atomic mass is 10.1.